The van der Waals surface area contributed by atoms with Crippen LogP contribution in [0.15, 0.2) is 12.1 Å². The van der Waals surface area contributed by atoms with Crippen molar-refractivity contribution in [2.75, 3.05) is 21.3 Å². The standard InChI is InChI=1S/C16H21NO8/c1-23-11-7-9(8-12(24-2)14(11)25-3)15(20)17-10(16(21)22)5-4-6-13(18)19/h7-8,10H,4-6H2,1-3H3,(H,17,20)(H,18,19)(H,21,22). The van der Waals surface area contributed by atoms with Crippen molar-refractivity contribution >= 4 is 17.8 Å². The van der Waals surface area contributed by atoms with Crippen LogP contribution < -0.4 is 19.5 Å². The molecule has 0 bridgehead atoms. The molecular formula is C16H21NO8. The molecule has 0 radical (unpaired) electrons. The largest absolute Gasteiger partial charge is 0.493 e. The maximum Gasteiger partial charge on any atom is 0.326 e. The summed E-state index contributed by atoms with van der Waals surface area (Å²) in [5.41, 5.74) is 0.124. The summed E-state index contributed by atoms with van der Waals surface area (Å²) in [7, 11) is 4.21. The number of nitrogens with one attached hydrogen (secondary N) is 1. The molecule has 1 atom stereocenters. The van der Waals surface area contributed by atoms with Crippen molar-refractivity contribution in [3.8, 4) is 17.2 Å². The Morgan fingerprint density at radius 2 is 1.60 bits per heavy atom. The van der Waals surface area contributed by atoms with E-state index in [-0.39, 0.29) is 36.3 Å². The number of hydrogen-bond acceptors (Lipinski definition) is 6. The summed E-state index contributed by atoms with van der Waals surface area (Å²) in [6.45, 7) is 0. The molecule has 0 aliphatic rings. The van der Waals surface area contributed by atoms with E-state index in [2.05, 4.69) is 5.32 Å². The van der Waals surface area contributed by atoms with Crippen LogP contribution in [0.5, 0.6) is 17.2 Å². The van der Waals surface area contributed by atoms with Crippen LogP contribution in [0.25, 0.3) is 0 Å². The minimum absolute atomic E-state index is 0.00218. The minimum Gasteiger partial charge on any atom is -0.493 e. The van der Waals surface area contributed by atoms with E-state index in [1.807, 2.05) is 0 Å². The molecule has 1 amide bonds. The molecule has 9 nitrogen and oxygen atoms in total. The fourth-order valence-corrected chi connectivity index (χ4v) is 2.17. The lowest BCUT2D eigenvalue weighted by molar-refractivity contribution is -0.140. The van der Waals surface area contributed by atoms with Gasteiger partial charge in [0.15, 0.2) is 11.5 Å². The molecule has 3 N–H and O–H groups in total. The first-order valence-corrected chi connectivity index (χ1v) is 7.39. The quantitative estimate of drug-likeness (QED) is 0.569. The maximum atomic E-state index is 12.3. The third kappa shape index (κ3) is 5.55. The Morgan fingerprint density at radius 1 is 1.04 bits per heavy atom. The van der Waals surface area contributed by atoms with Crippen LogP contribution in [0.4, 0.5) is 0 Å². The van der Waals surface area contributed by atoms with Crippen LogP contribution >= 0.6 is 0 Å². The van der Waals surface area contributed by atoms with Gasteiger partial charge in [0.25, 0.3) is 5.91 Å². The monoisotopic (exact) mass is 355 g/mol. The highest BCUT2D eigenvalue weighted by Gasteiger charge is 2.23. The van der Waals surface area contributed by atoms with Crippen molar-refractivity contribution in [1.29, 1.82) is 0 Å². The molecule has 0 heterocycles. The summed E-state index contributed by atoms with van der Waals surface area (Å²) >= 11 is 0. The SMILES string of the molecule is COc1cc(C(=O)NC(CCCC(=O)O)C(=O)O)cc(OC)c1OC. The number of ether oxygens (including phenoxy) is 3. The van der Waals surface area contributed by atoms with Crippen molar-refractivity contribution in [2.24, 2.45) is 0 Å². The molecule has 9 heteroatoms. The summed E-state index contributed by atoms with van der Waals surface area (Å²) < 4.78 is 15.4. The van der Waals surface area contributed by atoms with Crippen molar-refractivity contribution in [2.45, 2.75) is 25.3 Å². The van der Waals surface area contributed by atoms with Crippen molar-refractivity contribution in [1.82, 2.24) is 5.32 Å². The lowest BCUT2D eigenvalue weighted by Gasteiger charge is -2.16. The molecule has 0 aliphatic heterocycles. The van der Waals surface area contributed by atoms with E-state index in [0.29, 0.717) is 5.75 Å². The minimum atomic E-state index is -1.24. The number of methoxy groups -OCH3 is 3. The van der Waals surface area contributed by atoms with E-state index in [4.69, 9.17) is 19.3 Å². The van der Waals surface area contributed by atoms with E-state index in [9.17, 15) is 19.5 Å². The smallest absolute Gasteiger partial charge is 0.326 e. The van der Waals surface area contributed by atoms with Crippen molar-refractivity contribution in [3.05, 3.63) is 17.7 Å². The predicted octanol–water partition coefficient (Wildman–Crippen LogP) is 1.15. The van der Waals surface area contributed by atoms with Crippen LogP contribution in [0.2, 0.25) is 0 Å². The number of aliphatic carboxylic acids is 2. The number of carboxylic acids is 2. The van der Waals surface area contributed by atoms with Crippen LogP contribution in [0.3, 0.4) is 0 Å². The number of benzene rings is 1. The molecule has 1 aromatic carbocycles. The van der Waals surface area contributed by atoms with Gasteiger partial charge in [0.05, 0.1) is 21.3 Å². The average molecular weight is 355 g/mol. The molecule has 0 aromatic heterocycles. The third-order valence-electron chi connectivity index (χ3n) is 3.41. The number of amides is 1. The fourth-order valence-electron chi connectivity index (χ4n) is 2.17. The zero-order valence-corrected chi connectivity index (χ0v) is 14.2. The van der Waals surface area contributed by atoms with Gasteiger partial charge >= 0.3 is 11.9 Å². The summed E-state index contributed by atoms with van der Waals surface area (Å²) in [6.07, 6.45) is -0.0521. The van der Waals surface area contributed by atoms with E-state index >= 15 is 0 Å². The van der Waals surface area contributed by atoms with Gasteiger partial charge in [-0.3, -0.25) is 9.59 Å². The Bertz CT molecular complexity index is 618. The van der Waals surface area contributed by atoms with Gasteiger partial charge in [-0.25, -0.2) is 4.79 Å². The molecule has 0 fully saturated rings. The maximum absolute atomic E-state index is 12.3. The van der Waals surface area contributed by atoms with Crippen LogP contribution in [0.1, 0.15) is 29.6 Å². The van der Waals surface area contributed by atoms with Crippen LogP contribution in [-0.4, -0.2) is 55.4 Å². The van der Waals surface area contributed by atoms with Gasteiger partial charge in [0, 0.05) is 12.0 Å². The summed E-state index contributed by atoms with van der Waals surface area (Å²) in [5, 5.41) is 20.2. The Balaban J connectivity index is 2.97. The Kier molecular flexibility index (Phi) is 7.51. The van der Waals surface area contributed by atoms with Gasteiger partial charge < -0.3 is 29.7 Å². The van der Waals surface area contributed by atoms with Crippen LogP contribution in [0, 0.1) is 0 Å². The first kappa shape index (κ1) is 20.1. The van der Waals surface area contributed by atoms with Gasteiger partial charge in [-0.1, -0.05) is 0 Å². The second-order valence-electron chi connectivity index (χ2n) is 5.06. The summed E-state index contributed by atoms with van der Waals surface area (Å²) in [5.74, 6) is -2.11. The Morgan fingerprint density at radius 3 is 2.00 bits per heavy atom. The fraction of sp³-hybridized carbons (Fsp3) is 0.438. The second-order valence-corrected chi connectivity index (χ2v) is 5.06. The highest BCUT2D eigenvalue weighted by molar-refractivity contribution is 5.97. The van der Waals surface area contributed by atoms with Gasteiger partial charge in [-0.05, 0) is 25.0 Å². The molecule has 0 saturated carbocycles. The van der Waals surface area contributed by atoms with E-state index < -0.39 is 23.9 Å². The normalized spacial score (nSPS) is 11.3. The molecule has 1 unspecified atom stereocenters. The van der Waals surface area contributed by atoms with Gasteiger partial charge in [-0.15, -0.1) is 0 Å². The van der Waals surface area contributed by atoms with Gasteiger partial charge in [-0.2, -0.15) is 0 Å². The zero-order chi connectivity index (χ0) is 19.0. The molecule has 25 heavy (non-hydrogen) atoms. The predicted molar refractivity (Wildman–Crippen MR) is 86.5 cm³/mol. The number of carboxylic acid groups (broad SMARTS) is 2. The van der Waals surface area contributed by atoms with Crippen LogP contribution in [-0.2, 0) is 9.59 Å². The molecule has 0 saturated heterocycles. The molecule has 1 aromatic rings. The van der Waals surface area contributed by atoms with Gasteiger partial charge in [0.1, 0.15) is 6.04 Å². The Hall–Kier alpha value is -2.97. The lowest BCUT2D eigenvalue weighted by Crippen LogP contribution is -2.40. The first-order chi connectivity index (χ1) is 11.8. The van der Waals surface area contributed by atoms with Crippen molar-refractivity contribution < 1.29 is 38.8 Å². The average Bonchev–Trinajstić information content (AvgIpc) is 2.58. The van der Waals surface area contributed by atoms with E-state index in [1.54, 1.807) is 0 Å². The second kappa shape index (κ2) is 9.36. The van der Waals surface area contributed by atoms with E-state index in [0.717, 1.165) is 0 Å². The summed E-state index contributed by atoms with van der Waals surface area (Å²) in [6, 6.07) is 1.59. The van der Waals surface area contributed by atoms with Gasteiger partial charge in [0.2, 0.25) is 5.75 Å². The third-order valence-corrected chi connectivity index (χ3v) is 3.41. The van der Waals surface area contributed by atoms with Crippen molar-refractivity contribution in [3.63, 3.8) is 0 Å². The molecule has 138 valence electrons. The lowest BCUT2D eigenvalue weighted by atomic mass is 10.1. The Labute approximate surface area is 144 Å². The number of rotatable bonds is 10. The topological polar surface area (TPSA) is 131 Å². The first-order valence-electron chi connectivity index (χ1n) is 7.39. The highest BCUT2D eigenvalue weighted by Crippen LogP contribution is 2.38. The molecule has 0 aliphatic carbocycles. The molecule has 1 rings (SSSR count). The number of carbonyl (C=O) groups is 3. The number of hydrogen-bond donors (Lipinski definition) is 3. The zero-order valence-electron chi connectivity index (χ0n) is 14.2. The number of carbonyl (C=O) groups excluding carboxylic acids is 1. The molecule has 0 spiro atoms. The summed E-state index contributed by atoms with van der Waals surface area (Å²) in [4.78, 5) is 34.1. The highest BCUT2D eigenvalue weighted by atomic mass is 16.5. The van der Waals surface area contributed by atoms with E-state index in [1.165, 1.54) is 33.5 Å². The molecular weight excluding hydrogens is 334 g/mol.